The minimum atomic E-state index is -0.968. The van der Waals surface area contributed by atoms with Crippen molar-refractivity contribution in [2.45, 2.75) is 19.3 Å². The molecule has 16 heavy (non-hydrogen) atoms. The van der Waals surface area contributed by atoms with Gasteiger partial charge in [0.15, 0.2) is 10.8 Å². The molecule has 0 unspecified atom stereocenters. The van der Waals surface area contributed by atoms with Crippen molar-refractivity contribution in [2.24, 2.45) is 0 Å². The van der Waals surface area contributed by atoms with Gasteiger partial charge in [0.2, 0.25) is 0 Å². The highest BCUT2D eigenvalue weighted by Gasteiger charge is 2.07. The summed E-state index contributed by atoms with van der Waals surface area (Å²) in [5.74, 6) is 0.240. The van der Waals surface area contributed by atoms with Crippen LogP contribution < -0.4 is 5.32 Å². The van der Waals surface area contributed by atoms with Crippen LogP contribution in [0.25, 0.3) is 0 Å². The zero-order chi connectivity index (χ0) is 11.8. The molecule has 0 saturated carbocycles. The van der Waals surface area contributed by atoms with Gasteiger partial charge in [0.1, 0.15) is 0 Å². The minimum Gasteiger partial charge on any atom is -0.476 e. The van der Waals surface area contributed by atoms with Crippen LogP contribution in [0.5, 0.6) is 0 Å². The molecule has 0 radical (unpaired) electrons. The molecule has 2 N–H and O–H groups in total. The van der Waals surface area contributed by atoms with E-state index in [1.807, 2.05) is 11.8 Å². The summed E-state index contributed by atoms with van der Waals surface area (Å²) in [4.78, 5) is 14.5. The lowest BCUT2D eigenvalue weighted by atomic mass is 10.2. The Morgan fingerprint density at radius 1 is 1.56 bits per heavy atom. The predicted molar refractivity (Wildman–Crippen MR) is 69.8 cm³/mol. The van der Waals surface area contributed by atoms with Gasteiger partial charge in [-0.15, -0.1) is 11.3 Å². The molecule has 0 aliphatic heterocycles. The molecule has 1 aromatic rings. The topological polar surface area (TPSA) is 62.2 Å². The first-order valence-corrected chi connectivity index (χ1v) is 7.43. The number of carbonyl (C=O) groups is 1. The molecule has 0 aliphatic rings. The molecule has 0 amide bonds. The van der Waals surface area contributed by atoms with Crippen LogP contribution in [0.4, 0.5) is 5.13 Å². The molecule has 0 spiro atoms. The van der Waals surface area contributed by atoms with Gasteiger partial charge in [-0.2, -0.15) is 11.8 Å². The zero-order valence-corrected chi connectivity index (χ0v) is 10.9. The van der Waals surface area contributed by atoms with E-state index in [0.29, 0.717) is 5.13 Å². The molecule has 0 atom stereocenters. The van der Waals surface area contributed by atoms with Gasteiger partial charge in [0, 0.05) is 11.9 Å². The highest BCUT2D eigenvalue weighted by molar-refractivity contribution is 7.98. The van der Waals surface area contributed by atoms with Crippen LogP contribution in [-0.2, 0) is 0 Å². The van der Waals surface area contributed by atoms with Crippen LogP contribution >= 0.6 is 23.1 Å². The fourth-order valence-electron chi connectivity index (χ4n) is 1.20. The molecule has 1 aromatic heterocycles. The van der Waals surface area contributed by atoms with Crippen LogP contribution in [-0.4, -0.2) is 34.6 Å². The summed E-state index contributed by atoms with van der Waals surface area (Å²) < 4.78 is 0. The van der Waals surface area contributed by atoms with Crippen molar-refractivity contribution in [1.29, 1.82) is 0 Å². The fraction of sp³-hybridized carbons (Fsp3) is 0.600. The van der Waals surface area contributed by atoms with Crippen LogP contribution in [0.2, 0.25) is 0 Å². The van der Waals surface area contributed by atoms with Gasteiger partial charge in [-0.1, -0.05) is 6.42 Å². The average Bonchev–Trinajstić information content (AvgIpc) is 2.72. The van der Waals surface area contributed by atoms with Crippen LogP contribution in [0.3, 0.4) is 0 Å². The Bertz CT molecular complexity index is 328. The summed E-state index contributed by atoms with van der Waals surface area (Å²) in [6, 6.07) is 0. The molecule has 4 nitrogen and oxygen atoms in total. The summed E-state index contributed by atoms with van der Waals surface area (Å²) >= 11 is 3.21. The predicted octanol–water partition coefficient (Wildman–Crippen LogP) is 2.79. The van der Waals surface area contributed by atoms with Gasteiger partial charge < -0.3 is 10.4 Å². The van der Waals surface area contributed by atoms with E-state index in [1.54, 1.807) is 5.38 Å². The monoisotopic (exact) mass is 260 g/mol. The normalized spacial score (nSPS) is 10.3. The van der Waals surface area contributed by atoms with E-state index in [2.05, 4.69) is 16.6 Å². The molecule has 0 fully saturated rings. The summed E-state index contributed by atoms with van der Waals surface area (Å²) in [7, 11) is 0. The molecule has 0 aromatic carbocycles. The maximum atomic E-state index is 10.6. The third kappa shape index (κ3) is 4.85. The Balaban J connectivity index is 2.14. The smallest absolute Gasteiger partial charge is 0.355 e. The first-order chi connectivity index (χ1) is 7.74. The molecule has 1 rings (SSSR count). The third-order valence-electron chi connectivity index (χ3n) is 2.02. The highest BCUT2D eigenvalue weighted by Crippen LogP contribution is 2.15. The van der Waals surface area contributed by atoms with Crippen molar-refractivity contribution in [2.75, 3.05) is 23.9 Å². The fourth-order valence-corrected chi connectivity index (χ4v) is 2.40. The second kappa shape index (κ2) is 7.51. The highest BCUT2D eigenvalue weighted by atomic mass is 32.2. The largest absolute Gasteiger partial charge is 0.476 e. The van der Waals surface area contributed by atoms with Gasteiger partial charge in [-0.25, -0.2) is 9.78 Å². The molecular weight excluding hydrogens is 244 g/mol. The quantitative estimate of drug-likeness (QED) is 0.704. The molecular formula is C10H16N2O2S2. The minimum absolute atomic E-state index is 0.120. The Kier molecular flexibility index (Phi) is 6.25. The number of hydrogen-bond acceptors (Lipinski definition) is 5. The van der Waals surface area contributed by atoms with Crippen LogP contribution in [0, 0.1) is 0 Å². The first kappa shape index (κ1) is 13.3. The number of carboxylic acids is 1. The van der Waals surface area contributed by atoms with E-state index in [1.165, 1.54) is 29.9 Å². The van der Waals surface area contributed by atoms with Crippen molar-refractivity contribution in [3.8, 4) is 0 Å². The third-order valence-corrected chi connectivity index (χ3v) is 3.52. The van der Waals surface area contributed by atoms with E-state index in [-0.39, 0.29) is 5.69 Å². The Labute approximate surface area is 103 Å². The lowest BCUT2D eigenvalue weighted by molar-refractivity contribution is 0.0691. The van der Waals surface area contributed by atoms with E-state index in [0.717, 1.165) is 13.0 Å². The lowest BCUT2D eigenvalue weighted by Gasteiger charge is -2.01. The van der Waals surface area contributed by atoms with Gasteiger partial charge in [-0.3, -0.25) is 0 Å². The van der Waals surface area contributed by atoms with Crippen molar-refractivity contribution >= 4 is 34.2 Å². The van der Waals surface area contributed by atoms with Crippen LogP contribution in [0.15, 0.2) is 5.38 Å². The average molecular weight is 260 g/mol. The number of rotatable bonds is 8. The Hall–Kier alpha value is -0.750. The van der Waals surface area contributed by atoms with Gasteiger partial charge in [0.25, 0.3) is 0 Å². The standard InChI is InChI=1S/C10H16N2O2S2/c1-15-6-4-2-3-5-11-10-12-8(7-16-10)9(13)14/h7H,2-6H2,1H3,(H,11,12)(H,13,14). The lowest BCUT2D eigenvalue weighted by Crippen LogP contribution is -2.02. The number of hydrogen-bond donors (Lipinski definition) is 2. The number of anilines is 1. The van der Waals surface area contributed by atoms with Crippen molar-refractivity contribution in [3.05, 3.63) is 11.1 Å². The van der Waals surface area contributed by atoms with E-state index < -0.39 is 5.97 Å². The number of thiazole rings is 1. The maximum absolute atomic E-state index is 10.6. The van der Waals surface area contributed by atoms with E-state index >= 15 is 0 Å². The second-order valence-corrected chi connectivity index (χ2v) is 5.17. The number of nitrogens with one attached hydrogen (secondary N) is 1. The number of unbranched alkanes of at least 4 members (excludes halogenated alkanes) is 2. The summed E-state index contributed by atoms with van der Waals surface area (Å²) in [6.45, 7) is 0.862. The molecule has 90 valence electrons. The molecule has 0 saturated heterocycles. The Morgan fingerprint density at radius 3 is 3.00 bits per heavy atom. The summed E-state index contributed by atoms with van der Waals surface area (Å²) in [5.41, 5.74) is 0.120. The molecule has 6 heteroatoms. The van der Waals surface area contributed by atoms with Crippen molar-refractivity contribution in [1.82, 2.24) is 4.98 Å². The number of aromatic carboxylic acids is 1. The van der Waals surface area contributed by atoms with Crippen molar-refractivity contribution < 1.29 is 9.90 Å². The number of carboxylic acid groups (broad SMARTS) is 1. The number of aromatic nitrogens is 1. The summed E-state index contributed by atoms with van der Waals surface area (Å²) in [5, 5.41) is 14.1. The van der Waals surface area contributed by atoms with Gasteiger partial charge in [-0.05, 0) is 24.9 Å². The van der Waals surface area contributed by atoms with Crippen molar-refractivity contribution in [3.63, 3.8) is 0 Å². The SMILES string of the molecule is CSCCCCCNc1nc(C(=O)O)cs1. The van der Waals surface area contributed by atoms with Gasteiger partial charge >= 0.3 is 5.97 Å². The summed E-state index contributed by atoms with van der Waals surface area (Å²) in [6.07, 6.45) is 5.65. The zero-order valence-electron chi connectivity index (χ0n) is 9.23. The molecule has 0 aliphatic carbocycles. The Morgan fingerprint density at radius 2 is 2.38 bits per heavy atom. The van der Waals surface area contributed by atoms with E-state index in [9.17, 15) is 4.79 Å². The first-order valence-electron chi connectivity index (χ1n) is 5.15. The van der Waals surface area contributed by atoms with Crippen LogP contribution in [0.1, 0.15) is 29.8 Å². The molecule has 1 heterocycles. The second-order valence-electron chi connectivity index (χ2n) is 3.32. The number of thioether (sulfide) groups is 1. The molecule has 0 bridgehead atoms. The van der Waals surface area contributed by atoms with Gasteiger partial charge in [0.05, 0.1) is 0 Å². The number of nitrogens with zero attached hydrogens (tertiary/aromatic N) is 1. The van der Waals surface area contributed by atoms with E-state index in [4.69, 9.17) is 5.11 Å². The maximum Gasteiger partial charge on any atom is 0.355 e.